The van der Waals surface area contributed by atoms with Crippen molar-refractivity contribution >= 4 is 11.7 Å². The van der Waals surface area contributed by atoms with E-state index in [1.165, 1.54) is 12.1 Å². The number of phenols is 1. The van der Waals surface area contributed by atoms with Gasteiger partial charge in [0, 0.05) is 37.9 Å². The van der Waals surface area contributed by atoms with Crippen LogP contribution in [0.5, 0.6) is 17.2 Å². The number of nitrogens with zero attached hydrogens (tertiary/aromatic N) is 2. The highest BCUT2D eigenvalue weighted by atomic mass is 16.5. The smallest absolute Gasteiger partial charge is 0.339 e. The second-order valence-electron chi connectivity index (χ2n) is 6.82. The minimum Gasteiger partial charge on any atom is -0.507 e. The fraction of sp³-hybridized carbons (Fsp3) is 0.381. The van der Waals surface area contributed by atoms with Crippen molar-refractivity contribution in [3.05, 3.63) is 47.5 Å². The van der Waals surface area contributed by atoms with Gasteiger partial charge in [0.1, 0.15) is 11.3 Å². The van der Waals surface area contributed by atoms with Crippen molar-refractivity contribution in [3.63, 3.8) is 0 Å². The Morgan fingerprint density at radius 3 is 2.29 bits per heavy atom. The molecule has 0 spiro atoms. The van der Waals surface area contributed by atoms with Gasteiger partial charge < -0.3 is 24.6 Å². The van der Waals surface area contributed by atoms with Gasteiger partial charge in [-0.2, -0.15) is 0 Å². The molecule has 3 rings (SSSR count). The van der Waals surface area contributed by atoms with Crippen molar-refractivity contribution in [3.8, 4) is 17.2 Å². The molecule has 2 N–H and O–H groups in total. The first-order valence-electron chi connectivity index (χ1n) is 9.21. The number of hydrogen-bond donors (Lipinski definition) is 2. The molecule has 2 aromatic rings. The molecule has 1 fully saturated rings. The molecule has 0 aliphatic carbocycles. The van der Waals surface area contributed by atoms with Gasteiger partial charge in [-0.15, -0.1) is 0 Å². The molecule has 7 heteroatoms. The molecule has 2 aromatic carbocycles. The van der Waals surface area contributed by atoms with Gasteiger partial charge in [0.05, 0.1) is 14.2 Å². The zero-order chi connectivity index (χ0) is 20.3. The third kappa shape index (κ3) is 3.99. The average Bonchev–Trinajstić information content (AvgIpc) is 2.73. The Bertz CT molecular complexity index is 847. The number of carboxylic acid groups (broad SMARTS) is 1. The molecule has 7 nitrogen and oxygen atoms in total. The predicted octanol–water partition coefficient (Wildman–Crippen LogP) is 2.99. The molecule has 1 aliphatic rings. The van der Waals surface area contributed by atoms with E-state index < -0.39 is 5.97 Å². The van der Waals surface area contributed by atoms with Crippen LogP contribution in [0.2, 0.25) is 0 Å². The summed E-state index contributed by atoms with van der Waals surface area (Å²) >= 11 is 0. The fourth-order valence-electron chi connectivity index (χ4n) is 3.58. The van der Waals surface area contributed by atoms with Crippen LogP contribution < -0.4 is 14.4 Å². The van der Waals surface area contributed by atoms with Crippen LogP contribution in [0.4, 0.5) is 5.69 Å². The highest BCUT2D eigenvalue weighted by molar-refractivity contribution is 5.92. The SMILES string of the molecule is COc1ccc(C(C)N2CCN(c3ccc(O)c(C(=O)O)c3)CC2)cc1OC. The van der Waals surface area contributed by atoms with Crippen molar-refractivity contribution in [1.82, 2.24) is 4.90 Å². The Hall–Kier alpha value is -2.93. The lowest BCUT2D eigenvalue weighted by Crippen LogP contribution is -2.47. The molecule has 1 aliphatic heterocycles. The summed E-state index contributed by atoms with van der Waals surface area (Å²) in [6, 6.07) is 10.9. The Labute approximate surface area is 164 Å². The number of aromatic carboxylic acids is 1. The Kier molecular flexibility index (Phi) is 5.94. The maximum atomic E-state index is 11.2. The third-order valence-electron chi connectivity index (χ3n) is 5.33. The number of ether oxygens (including phenoxy) is 2. The van der Waals surface area contributed by atoms with Gasteiger partial charge in [0.2, 0.25) is 0 Å². The molecule has 0 aromatic heterocycles. The molecule has 1 atom stereocenters. The Morgan fingerprint density at radius 1 is 1.00 bits per heavy atom. The van der Waals surface area contributed by atoms with E-state index >= 15 is 0 Å². The largest absolute Gasteiger partial charge is 0.507 e. The first-order valence-corrected chi connectivity index (χ1v) is 9.21. The number of aromatic hydroxyl groups is 1. The van der Waals surface area contributed by atoms with Crippen LogP contribution in [0, 0.1) is 0 Å². The summed E-state index contributed by atoms with van der Waals surface area (Å²) in [7, 11) is 3.26. The van der Waals surface area contributed by atoms with Gasteiger partial charge in [0.25, 0.3) is 0 Å². The number of piperazine rings is 1. The van der Waals surface area contributed by atoms with Gasteiger partial charge in [-0.25, -0.2) is 4.79 Å². The first kappa shape index (κ1) is 19.8. The van der Waals surface area contributed by atoms with Crippen molar-refractivity contribution in [1.29, 1.82) is 0 Å². The monoisotopic (exact) mass is 386 g/mol. The summed E-state index contributed by atoms with van der Waals surface area (Å²) < 4.78 is 10.7. The summed E-state index contributed by atoms with van der Waals surface area (Å²) in [6.07, 6.45) is 0. The quantitative estimate of drug-likeness (QED) is 0.790. The topological polar surface area (TPSA) is 82.5 Å². The molecular weight excluding hydrogens is 360 g/mol. The standard InChI is InChI=1S/C21H26N2O5/c1-14(15-4-7-19(27-2)20(12-15)28-3)22-8-10-23(11-9-22)16-5-6-18(24)17(13-16)21(25)26/h4-7,12-14,24H,8-11H2,1-3H3,(H,25,26). The highest BCUT2D eigenvalue weighted by Crippen LogP contribution is 2.32. The molecule has 0 saturated carbocycles. The lowest BCUT2D eigenvalue weighted by molar-refractivity contribution is 0.0693. The van der Waals surface area contributed by atoms with E-state index in [1.807, 2.05) is 12.1 Å². The van der Waals surface area contributed by atoms with Crippen LogP contribution in [0.1, 0.15) is 28.9 Å². The van der Waals surface area contributed by atoms with Crippen LogP contribution in [0.25, 0.3) is 0 Å². The molecular formula is C21H26N2O5. The fourth-order valence-corrected chi connectivity index (χ4v) is 3.58. The van der Waals surface area contributed by atoms with Gasteiger partial charge in [-0.3, -0.25) is 4.90 Å². The van der Waals surface area contributed by atoms with Gasteiger partial charge >= 0.3 is 5.97 Å². The zero-order valence-electron chi connectivity index (χ0n) is 16.4. The predicted molar refractivity (Wildman–Crippen MR) is 107 cm³/mol. The highest BCUT2D eigenvalue weighted by Gasteiger charge is 2.24. The molecule has 28 heavy (non-hydrogen) atoms. The molecule has 1 saturated heterocycles. The van der Waals surface area contributed by atoms with Crippen molar-refractivity contribution < 1.29 is 24.5 Å². The van der Waals surface area contributed by atoms with Crippen LogP contribution >= 0.6 is 0 Å². The number of rotatable bonds is 6. The number of hydrogen-bond acceptors (Lipinski definition) is 6. The third-order valence-corrected chi connectivity index (χ3v) is 5.33. The molecule has 150 valence electrons. The van der Waals surface area contributed by atoms with E-state index in [-0.39, 0.29) is 17.4 Å². The summed E-state index contributed by atoms with van der Waals surface area (Å²) in [4.78, 5) is 15.8. The second-order valence-corrected chi connectivity index (χ2v) is 6.82. The number of carboxylic acids is 1. The summed E-state index contributed by atoms with van der Waals surface area (Å²) in [5, 5.41) is 18.9. The zero-order valence-corrected chi connectivity index (χ0v) is 16.4. The molecule has 0 amide bonds. The van der Waals surface area contributed by atoms with Crippen LogP contribution in [-0.4, -0.2) is 61.5 Å². The van der Waals surface area contributed by atoms with Crippen LogP contribution in [0.15, 0.2) is 36.4 Å². The molecule has 1 heterocycles. The van der Waals surface area contributed by atoms with E-state index in [0.29, 0.717) is 5.75 Å². The van der Waals surface area contributed by atoms with Gasteiger partial charge in [-0.1, -0.05) is 6.07 Å². The van der Waals surface area contributed by atoms with E-state index in [0.717, 1.165) is 43.2 Å². The number of benzene rings is 2. The maximum absolute atomic E-state index is 11.2. The number of carbonyl (C=O) groups is 1. The second kappa shape index (κ2) is 8.39. The van der Waals surface area contributed by atoms with Crippen molar-refractivity contribution in [2.45, 2.75) is 13.0 Å². The number of anilines is 1. The van der Waals surface area contributed by atoms with Gasteiger partial charge in [0.15, 0.2) is 11.5 Å². The van der Waals surface area contributed by atoms with E-state index in [1.54, 1.807) is 20.3 Å². The normalized spacial score (nSPS) is 15.9. The number of methoxy groups -OCH3 is 2. The summed E-state index contributed by atoms with van der Waals surface area (Å²) in [5.41, 5.74) is 1.90. The average molecular weight is 386 g/mol. The lowest BCUT2D eigenvalue weighted by Gasteiger charge is -2.39. The van der Waals surface area contributed by atoms with Crippen LogP contribution in [-0.2, 0) is 0 Å². The minimum absolute atomic E-state index is 0.0707. The molecule has 1 unspecified atom stereocenters. The summed E-state index contributed by atoms with van der Waals surface area (Å²) in [6.45, 7) is 5.42. The van der Waals surface area contributed by atoms with E-state index in [9.17, 15) is 15.0 Å². The Balaban J connectivity index is 1.68. The molecule has 0 bridgehead atoms. The lowest BCUT2D eigenvalue weighted by atomic mass is 10.0. The summed E-state index contributed by atoms with van der Waals surface area (Å²) in [5.74, 6) is 0.0950. The first-order chi connectivity index (χ1) is 13.4. The minimum atomic E-state index is -1.12. The molecule has 0 radical (unpaired) electrons. The van der Waals surface area contributed by atoms with E-state index in [2.05, 4.69) is 22.8 Å². The Morgan fingerprint density at radius 2 is 1.68 bits per heavy atom. The van der Waals surface area contributed by atoms with E-state index in [4.69, 9.17) is 9.47 Å². The maximum Gasteiger partial charge on any atom is 0.339 e. The van der Waals surface area contributed by atoms with Gasteiger partial charge in [-0.05, 0) is 42.8 Å². The van der Waals surface area contributed by atoms with Crippen molar-refractivity contribution in [2.75, 3.05) is 45.3 Å². The van der Waals surface area contributed by atoms with Crippen molar-refractivity contribution in [2.24, 2.45) is 0 Å². The van der Waals surface area contributed by atoms with Crippen LogP contribution in [0.3, 0.4) is 0 Å².